The molecule has 1 aliphatic heterocycles. The van der Waals surface area contributed by atoms with Crippen molar-refractivity contribution in [3.63, 3.8) is 0 Å². The predicted octanol–water partition coefficient (Wildman–Crippen LogP) is 2.73. The largest absolute Gasteiger partial charge is 0.480 e. The number of piperidine rings is 1. The molecule has 6 heteroatoms. The molecule has 1 saturated heterocycles. The van der Waals surface area contributed by atoms with Crippen LogP contribution in [0.3, 0.4) is 0 Å². The molecule has 1 fully saturated rings. The minimum absolute atomic E-state index is 0.192. The molecule has 1 aliphatic rings. The first kappa shape index (κ1) is 15.3. The molecule has 6 nitrogen and oxygen atoms in total. The van der Waals surface area contributed by atoms with Crippen LogP contribution in [0.15, 0.2) is 34.7 Å². The fourth-order valence-corrected chi connectivity index (χ4v) is 2.87. The van der Waals surface area contributed by atoms with Gasteiger partial charge in [-0.25, -0.2) is 9.78 Å². The summed E-state index contributed by atoms with van der Waals surface area (Å²) in [6.45, 7) is 2.11. The Bertz CT molecular complexity index is 723. The van der Waals surface area contributed by atoms with Gasteiger partial charge in [0.05, 0.1) is 0 Å². The van der Waals surface area contributed by atoms with E-state index in [1.54, 1.807) is 6.92 Å². The molecule has 120 valence electrons. The number of rotatable bonds is 3. The zero-order valence-corrected chi connectivity index (χ0v) is 12.9. The highest BCUT2D eigenvalue weighted by Gasteiger charge is 2.34. The molecular formula is C17H18N2O4. The van der Waals surface area contributed by atoms with Gasteiger partial charge in [0.25, 0.3) is 5.91 Å². The average molecular weight is 314 g/mol. The van der Waals surface area contributed by atoms with Crippen molar-refractivity contribution in [1.29, 1.82) is 0 Å². The number of likely N-dealkylation sites (tertiary alicyclic amines) is 1. The van der Waals surface area contributed by atoms with Crippen molar-refractivity contribution in [1.82, 2.24) is 9.88 Å². The summed E-state index contributed by atoms with van der Waals surface area (Å²) < 4.78 is 5.60. The molecule has 1 unspecified atom stereocenters. The normalized spacial score (nSPS) is 18.0. The number of amides is 1. The van der Waals surface area contributed by atoms with Crippen molar-refractivity contribution in [2.24, 2.45) is 0 Å². The number of carboxylic acids is 1. The van der Waals surface area contributed by atoms with Crippen molar-refractivity contribution in [2.45, 2.75) is 32.2 Å². The van der Waals surface area contributed by atoms with Crippen molar-refractivity contribution >= 4 is 11.9 Å². The number of carboxylic acid groups (broad SMARTS) is 1. The van der Waals surface area contributed by atoms with Crippen LogP contribution in [-0.2, 0) is 4.79 Å². The minimum Gasteiger partial charge on any atom is -0.480 e. The van der Waals surface area contributed by atoms with Gasteiger partial charge < -0.3 is 14.4 Å². The molecule has 1 aromatic carbocycles. The lowest BCUT2D eigenvalue weighted by Gasteiger charge is -2.32. The highest BCUT2D eigenvalue weighted by atomic mass is 16.4. The van der Waals surface area contributed by atoms with E-state index in [9.17, 15) is 14.7 Å². The second-order valence-electron chi connectivity index (χ2n) is 5.64. The number of aliphatic carboxylic acids is 1. The van der Waals surface area contributed by atoms with Crippen LogP contribution >= 0.6 is 0 Å². The third-order valence-corrected chi connectivity index (χ3v) is 4.07. The van der Waals surface area contributed by atoms with Crippen LogP contribution in [0.2, 0.25) is 0 Å². The molecule has 0 bridgehead atoms. The maximum absolute atomic E-state index is 12.7. The molecule has 1 N–H and O–H groups in total. The van der Waals surface area contributed by atoms with E-state index in [1.165, 1.54) is 4.90 Å². The van der Waals surface area contributed by atoms with Crippen LogP contribution in [0.25, 0.3) is 11.5 Å². The van der Waals surface area contributed by atoms with Gasteiger partial charge in [0.1, 0.15) is 11.8 Å². The zero-order valence-electron chi connectivity index (χ0n) is 12.9. The molecule has 1 aromatic heterocycles. The lowest BCUT2D eigenvalue weighted by Crippen LogP contribution is -2.48. The zero-order chi connectivity index (χ0) is 16.4. The Balaban J connectivity index is 1.90. The summed E-state index contributed by atoms with van der Waals surface area (Å²) in [6, 6.07) is 8.52. The van der Waals surface area contributed by atoms with E-state index in [-0.39, 0.29) is 11.6 Å². The van der Waals surface area contributed by atoms with Gasteiger partial charge in [-0.3, -0.25) is 4.79 Å². The number of nitrogens with zero attached hydrogens (tertiary/aromatic N) is 2. The van der Waals surface area contributed by atoms with Gasteiger partial charge in [0, 0.05) is 12.1 Å². The maximum atomic E-state index is 12.7. The fraction of sp³-hybridized carbons (Fsp3) is 0.353. The van der Waals surface area contributed by atoms with Gasteiger partial charge >= 0.3 is 5.97 Å². The van der Waals surface area contributed by atoms with E-state index in [1.807, 2.05) is 30.3 Å². The Labute approximate surface area is 133 Å². The highest BCUT2D eigenvalue weighted by Crippen LogP contribution is 2.25. The van der Waals surface area contributed by atoms with E-state index in [0.29, 0.717) is 24.6 Å². The number of hydrogen-bond acceptors (Lipinski definition) is 4. The Morgan fingerprint density at radius 2 is 2.00 bits per heavy atom. The van der Waals surface area contributed by atoms with E-state index in [2.05, 4.69) is 4.98 Å². The molecule has 1 amide bonds. The predicted molar refractivity (Wildman–Crippen MR) is 83.0 cm³/mol. The van der Waals surface area contributed by atoms with Gasteiger partial charge in [0.2, 0.25) is 5.89 Å². The van der Waals surface area contributed by atoms with Crippen LogP contribution in [0.1, 0.15) is 35.5 Å². The van der Waals surface area contributed by atoms with E-state index in [4.69, 9.17) is 4.42 Å². The van der Waals surface area contributed by atoms with Gasteiger partial charge in [-0.15, -0.1) is 0 Å². The summed E-state index contributed by atoms with van der Waals surface area (Å²) in [6.07, 6.45) is 2.09. The number of hydrogen-bond donors (Lipinski definition) is 1. The second-order valence-corrected chi connectivity index (χ2v) is 5.64. The van der Waals surface area contributed by atoms with Crippen molar-refractivity contribution < 1.29 is 19.1 Å². The lowest BCUT2D eigenvalue weighted by atomic mass is 10.0. The summed E-state index contributed by atoms with van der Waals surface area (Å²) >= 11 is 0. The highest BCUT2D eigenvalue weighted by molar-refractivity contribution is 5.96. The first-order valence-electron chi connectivity index (χ1n) is 7.64. The first-order chi connectivity index (χ1) is 11.1. The average Bonchev–Trinajstić information content (AvgIpc) is 2.97. The monoisotopic (exact) mass is 314 g/mol. The Morgan fingerprint density at radius 1 is 1.26 bits per heavy atom. The van der Waals surface area contributed by atoms with Gasteiger partial charge in [-0.05, 0) is 38.3 Å². The van der Waals surface area contributed by atoms with Crippen molar-refractivity contribution in [3.8, 4) is 11.5 Å². The molecule has 3 rings (SSSR count). The first-order valence-corrected chi connectivity index (χ1v) is 7.64. The Kier molecular flexibility index (Phi) is 4.14. The summed E-state index contributed by atoms with van der Waals surface area (Å²) in [4.78, 5) is 29.8. The van der Waals surface area contributed by atoms with E-state index in [0.717, 1.165) is 18.4 Å². The number of aromatic nitrogens is 1. The van der Waals surface area contributed by atoms with Crippen molar-refractivity contribution in [3.05, 3.63) is 41.8 Å². The number of carbonyl (C=O) groups excluding carboxylic acids is 1. The molecule has 0 aliphatic carbocycles. The smallest absolute Gasteiger partial charge is 0.326 e. The van der Waals surface area contributed by atoms with Crippen LogP contribution in [0.4, 0.5) is 0 Å². The summed E-state index contributed by atoms with van der Waals surface area (Å²) in [5, 5.41) is 9.32. The van der Waals surface area contributed by atoms with E-state index >= 15 is 0 Å². The summed E-state index contributed by atoms with van der Waals surface area (Å²) in [5.41, 5.74) is 0.972. The topological polar surface area (TPSA) is 83.6 Å². The molecule has 23 heavy (non-hydrogen) atoms. The molecule has 0 saturated carbocycles. The molecule has 0 radical (unpaired) electrons. The van der Waals surface area contributed by atoms with Gasteiger partial charge in [-0.2, -0.15) is 0 Å². The van der Waals surface area contributed by atoms with Crippen LogP contribution in [-0.4, -0.2) is 39.5 Å². The van der Waals surface area contributed by atoms with Crippen LogP contribution in [0, 0.1) is 6.92 Å². The molecule has 0 spiro atoms. The van der Waals surface area contributed by atoms with Gasteiger partial charge in [-0.1, -0.05) is 18.2 Å². The maximum Gasteiger partial charge on any atom is 0.326 e. The number of oxazole rings is 1. The quantitative estimate of drug-likeness (QED) is 0.941. The third-order valence-electron chi connectivity index (χ3n) is 4.07. The Morgan fingerprint density at radius 3 is 2.70 bits per heavy atom. The Hall–Kier alpha value is -2.63. The summed E-state index contributed by atoms with van der Waals surface area (Å²) in [5.74, 6) is -0.568. The number of benzene rings is 1. The number of carbonyl (C=O) groups is 2. The third kappa shape index (κ3) is 2.97. The summed E-state index contributed by atoms with van der Waals surface area (Å²) in [7, 11) is 0. The van der Waals surface area contributed by atoms with Crippen LogP contribution in [0.5, 0.6) is 0 Å². The molecule has 2 aromatic rings. The van der Waals surface area contributed by atoms with Gasteiger partial charge in [0.15, 0.2) is 5.69 Å². The molecule has 2 heterocycles. The molecular weight excluding hydrogens is 296 g/mol. The lowest BCUT2D eigenvalue weighted by molar-refractivity contribution is -0.143. The molecule has 1 atom stereocenters. The fourth-order valence-electron chi connectivity index (χ4n) is 2.87. The van der Waals surface area contributed by atoms with Crippen LogP contribution < -0.4 is 0 Å². The standard InChI is InChI=1S/C17H18N2O4/c1-11-14(18-15(23-11)12-7-3-2-4-8-12)16(20)19-10-6-5-9-13(19)17(21)22/h2-4,7-8,13H,5-6,9-10H2,1H3,(H,21,22). The van der Waals surface area contributed by atoms with E-state index < -0.39 is 12.0 Å². The van der Waals surface area contributed by atoms with Crippen molar-refractivity contribution in [2.75, 3.05) is 6.54 Å². The minimum atomic E-state index is -0.970. The SMILES string of the molecule is Cc1oc(-c2ccccc2)nc1C(=O)N1CCCCC1C(=O)O. The second kappa shape index (κ2) is 6.24. The number of aryl methyl sites for hydroxylation is 1.